The molecule has 7 nitrogen and oxygen atoms in total. The van der Waals surface area contributed by atoms with Crippen LogP contribution in [0.4, 0.5) is 4.79 Å². The van der Waals surface area contributed by atoms with Crippen LogP contribution in [0.2, 0.25) is 0 Å². The third kappa shape index (κ3) is 2.94. The zero-order chi connectivity index (χ0) is 19.6. The molecular formula is C21H20N4O3. The van der Waals surface area contributed by atoms with Crippen LogP contribution < -0.4 is 5.32 Å². The Labute approximate surface area is 162 Å². The highest BCUT2D eigenvalue weighted by Crippen LogP contribution is 2.36. The Morgan fingerprint density at radius 2 is 1.61 bits per heavy atom. The highest BCUT2D eigenvalue weighted by Gasteiger charge is 2.53. The summed E-state index contributed by atoms with van der Waals surface area (Å²) in [5.41, 5.74) is 0.110. The van der Waals surface area contributed by atoms with Gasteiger partial charge >= 0.3 is 6.03 Å². The second-order valence-corrected chi connectivity index (χ2v) is 6.66. The lowest BCUT2D eigenvalue weighted by Gasteiger charge is -2.27. The number of urea groups is 1. The first kappa shape index (κ1) is 17.9. The molecule has 142 valence electrons. The van der Waals surface area contributed by atoms with Gasteiger partial charge in [0.05, 0.1) is 6.54 Å². The minimum Gasteiger partial charge on any atom is -0.339 e. The summed E-state index contributed by atoms with van der Waals surface area (Å²) in [5, 5.41) is 6.80. The maximum Gasteiger partial charge on any atom is 0.325 e. The second-order valence-electron chi connectivity index (χ2n) is 6.66. The van der Waals surface area contributed by atoms with Gasteiger partial charge in [0.2, 0.25) is 5.89 Å². The van der Waals surface area contributed by atoms with Gasteiger partial charge in [-0.15, -0.1) is 0 Å². The molecule has 0 bridgehead atoms. The molecule has 7 heteroatoms. The summed E-state index contributed by atoms with van der Waals surface area (Å²) < 4.78 is 5.18. The summed E-state index contributed by atoms with van der Waals surface area (Å²) in [6.45, 7) is 1.97. The summed E-state index contributed by atoms with van der Waals surface area (Å²) in [4.78, 5) is 31.7. The van der Waals surface area contributed by atoms with E-state index in [-0.39, 0.29) is 12.5 Å². The Hall–Kier alpha value is -3.48. The van der Waals surface area contributed by atoms with Crippen molar-refractivity contribution < 1.29 is 14.1 Å². The maximum absolute atomic E-state index is 13.5. The molecule has 1 saturated heterocycles. The van der Waals surface area contributed by atoms with E-state index in [2.05, 4.69) is 15.5 Å². The van der Waals surface area contributed by atoms with Gasteiger partial charge < -0.3 is 9.84 Å². The van der Waals surface area contributed by atoms with Crippen molar-refractivity contribution in [3.63, 3.8) is 0 Å². The molecule has 1 aromatic heterocycles. The minimum atomic E-state index is -1.28. The van der Waals surface area contributed by atoms with Crippen molar-refractivity contribution >= 4 is 11.9 Å². The van der Waals surface area contributed by atoms with Gasteiger partial charge in [-0.25, -0.2) is 4.79 Å². The fourth-order valence-electron chi connectivity index (χ4n) is 3.47. The standard InChI is InChI=1S/C21H20N4O3/c1-2-9-18-22-17(24-28-18)14-25-19(26)21(23-20(25)27,15-10-5-3-6-11-15)16-12-7-4-8-13-16/h3-8,10-13H,2,9,14H2,1H3,(H,23,27). The van der Waals surface area contributed by atoms with Gasteiger partial charge in [0.15, 0.2) is 11.4 Å². The molecule has 0 unspecified atom stereocenters. The van der Waals surface area contributed by atoms with E-state index in [1.165, 1.54) is 0 Å². The number of nitrogens with one attached hydrogen (secondary N) is 1. The van der Waals surface area contributed by atoms with E-state index in [4.69, 9.17) is 4.52 Å². The lowest BCUT2D eigenvalue weighted by Crippen LogP contribution is -2.45. The smallest absolute Gasteiger partial charge is 0.325 e. The SMILES string of the molecule is CCCc1nc(CN2C(=O)NC(c3ccccc3)(c3ccccc3)C2=O)no1. The van der Waals surface area contributed by atoms with Crippen LogP contribution in [-0.2, 0) is 23.3 Å². The highest BCUT2D eigenvalue weighted by atomic mass is 16.5. The summed E-state index contributed by atoms with van der Waals surface area (Å²) >= 11 is 0. The average Bonchev–Trinajstić information content (AvgIpc) is 3.28. The van der Waals surface area contributed by atoms with Crippen molar-refractivity contribution in [1.29, 1.82) is 0 Å². The van der Waals surface area contributed by atoms with Crippen molar-refractivity contribution in [1.82, 2.24) is 20.4 Å². The third-order valence-corrected chi connectivity index (χ3v) is 4.79. The Morgan fingerprint density at radius 3 is 2.18 bits per heavy atom. The van der Waals surface area contributed by atoms with Gasteiger partial charge in [-0.2, -0.15) is 4.98 Å². The van der Waals surface area contributed by atoms with E-state index < -0.39 is 11.6 Å². The molecule has 3 aromatic rings. The molecule has 2 heterocycles. The van der Waals surface area contributed by atoms with Crippen molar-refractivity contribution in [2.24, 2.45) is 0 Å². The number of carbonyl (C=O) groups excluding carboxylic acids is 2. The summed E-state index contributed by atoms with van der Waals surface area (Å²) in [5.74, 6) is 0.447. The number of benzene rings is 2. The van der Waals surface area contributed by atoms with Gasteiger partial charge in [-0.1, -0.05) is 72.7 Å². The monoisotopic (exact) mass is 376 g/mol. The van der Waals surface area contributed by atoms with Crippen LogP contribution in [0.1, 0.15) is 36.2 Å². The topological polar surface area (TPSA) is 88.3 Å². The molecule has 1 aliphatic heterocycles. The van der Waals surface area contributed by atoms with E-state index in [1.807, 2.05) is 67.6 Å². The van der Waals surface area contributed by atoms with Crippen LogP contribution in [0.3, 0.4) is 0 Å². The number of hydrogen-bond acceptors (Lipinski definition) is 5. The Balaban J connectivity index is 1.72. The predicted octanol–water partition coefficient (Wildman–Crippen LogP) is 3.02. The number of aryl methyl sites for hydroxylation is 1. The van der Waals surface area contributed by atoms with E-state index in [1.54, 1.807) is 0 Å². The molecule has 0 aliphatic carbocycles. The number of carbonyl (C=O) groups is 2. The Morgan fingerprint density at radius 1 is 1.00 bits per heavy atom. The second kappa shape index (κ2) is 7.26. The maximum atomic E-state index is 13.5. The average molecular weight is 376 g/mol. The molecule has 0 saturated carbocycles. The van der Waals surface area contributed by atoms with Gasteiger partial charge in [0.25, 0.3) is 5.91 Å². The summed E-state index contributed by atoms with van der Waals surface area (Å²) in [7, 11) is 0. The van der Waals surface area contributed by atoms with E-state index >= 15 is 0 Å². The third-order valence-electron chi connectivity index (χ3n) is 4.79. The molecular weight excluding hydrogens is 356 g/mol. The molecule has 1 N–H and O–H groups in total. The van der Waals surface area contributed by atoms with E-state index in [0.29, 0.717) is 29.3 Å². The molecule has 28 heavy (non-hydrogen) atoms. The van der Waals surface area contributed by atoms with E-state index in [9.17, 15) is 9.59 Å². The van der Waals surface area contributed by atoms with Crippen LogP contribution in [-0.4, -0.2) is 27.0 Å². The zero-order valence-corrected chi connectivity index (χ0v) is 15.5. The van der Waals surface area contributed by atoms with Gasteiger partial charge in [0, 0.05) is 6.42 Å². The molecule has 0 spiro atoms. The van der Waals surface area contributed by atoms with Gasteiger partial charge in [0.1, 0.15) is 0 Å². The fourth-order valence-corrected chi connectivity index (χ4v) is 3.47. The zero-order valence-electron chi connectivity index (χ0n) is 15.5. The summed E-state index contributed by atoms with van der Waals surface area (Å²) in [6.07, 6.45) is 1.53. The van der Waals surface area contributed by atoms with Crippen LogP contribution >= 0.6 is 0 Å². The van der Waals surface area contributed by atoms with Crippen LogP contribution in [0.5, 0.6) is 0 Å². The number of imide groups is 1. The first-order chi connectivity index (χ1) is 13.6. The normalized spacial score (nSPS) is 15.7. The molecule has 4 rings (SSSR count). The highest BCUT2D eigenvalue weighted by molar-refractivity contribution is 6.09. The van der Waals surface area contributed by atoms with Crippen LogP contribution in [0, 0.1) is 0 Å². The Kier molecular flexibility index (Phi) is 4.65. The van der Waals surface area contributed by atoms with Crippen molar-refractivity contribution in [2.45, 2.75) is 31.8 Å². The van der Waals surface area contributed by atoms with Crippen molar-refractivity contribution in [2.75, 3.05) is 0 Å². The Bertz CT molecular complexity index is 946. The number of nitrogens with zero attached hydrogens (tertiary/aromatic N) is 3. The van der Waals surface area contributed by atoms with Crippen LogP contribution in [0.15, 0.2) is 65.2 Å². The molecule has 2 aromatic carbocycles. The molecule has 1 aliphatic rings. The van der Waals surface area contributed by atoms with Crippen LogP contribution in [0.25, 0.3) is 0 Å². The minimum absolute atomic E-state index is 0.0424. The lowest BCUT2D eigenvalue weighted by molar-refractivity contribution is -0.130. The fraction of sp³-hybridized carbons (Fsp3) is 0.238. The van der Waals surface area contributed by atoms with Crippen molar-refractivity contribution in [3.05, 3.63) is 83.5 Å². The molecule has 3 amide bonds. The first-order valence-corrected chi connectivity index (χ1v) is 9.21. The number of rotatable bonds is 6. The molecule has 0 atom stereocenters. The largest absolute Gasteiger partial charge is 0.339 e. The van der Waals surface area contributed by atoms with Crippen molar-refractivity contribution in [3.8, 4) is 0 Å². The number of aromatic nitrogens is 2. The quantitative estimate of drug-likeness (QED) is 0.668. The van der Waals surface area contributed by atoms with Gasteiger partial charge in [-0.05, 0) is 17.5 Å². The predicted molar refractivity (Wildman–Crippen MR) is 101 cm³/mol. The number of amides is 3. The van der Waals surface area contributed by atoms with E-state index in [0.717, 1.165) is 11.3 Å². The van der Waals surface area contributed by atoms with Gasteiger partial charge in [-0.3, -0.25) is 9.69 Å². The molecule has 0 radical (unpaired) electrons. The summed E-state index contributed by atoms with van der Waals surface area (Å²) in [6, 6.07) is 18.0. The number of hydrogen-bond donors (Lipinski definition) is 1. The first-order valence-electron chi connectivity index (χ1n) is 9.21. The lowest BCUT2D eigenvalue weighted by atomic mass is 9.82. The molecule has 1 fully saturated rings.